The molecule has 24 heavy (non-hydrogen) atoms. The number of rotatable bonds is 2. The third-order valence-corrected chi connectivity index (χ3v) is 5.31. The molecule has 2 aromatic carbocycles. The maximum atomic E-state index is 4.36. The van der Waals surface area contributed by atoms with Crippen LogP contribution in [0.4, 0.5) is 0 Å². The predicted octanol–water partition coefficient (Wildman–Crippen LogP) is 5.94. The van der Waals surface area contributed by atoms with Crippen LogP contribution < -0.4 is 0 Å². The summed E-state index contributed by atoms with van der Waals surface area (Å²) in [7, 11) is 0. The standard InChI is InChI=1S/C22H22N2/c1-12-15(4)23-21-8-6-17(10-19(12)21)14(3)18-7-9-22-20(11-18)13(2)16(5)24-22/h6-11,23-24H,3H2,1-2,4-5H3. The van der Waals surface area contributed by atoms with Gasteiger partial charge >= 0.3 is 0 Å². The maximum Gasteiger partial charge on any atom is 0.0459 e. The Bertz CT molecular complexity index is 1020. The van der Waals surface area contributed by atoms with E-state index >= 15 is 0 Å². The van der Waals surface area contributed by atoms with E-state index < -0.39 is 0 Å². The Morgan fingerprint density at radius 1 is 0.708 bits per heavy atom. The highest BCUT2D eigenvalue weighted by Gasteiger charge is 2.10. The van der Waals surface area contributed by atoms with E-state index in [0.29, 0.717) is 0 Å². The Morgan fingerprint density at radius 2 is 1.12 bits per heavy atom. The van der Waals surface area contributed by atoms with Crippen molar-refractivity contribution in [3.63, 3.8) is 0 Å². The highest BCUT2D eigenvalue weighted by Crippen LogP contribution is 2.30. The summed E-state index contributed by atoms with van der Waals surface area (Å²) in [6.07, 6.45) is 0. The first-order chi connectivity index (χ1) is 11.5. The first-order valence-electron chi connectivity index (χ1n) is 8.33. The summed E-state index contributed by atoms with van der Waals surface area (Å²) in [6, 6.07) is 13.1. The molecular formula is C22H22N2. The van der Waals surface area contributed by atoms with Gasteiger partial charge in [-0.1, -0.05) is 18.7 Å². The zero-order valence-electron chi connectivity index (χ0n) is 14.7. The molecule has 2 heteroatoms. The van der Waals surface area contributed by atoms with Crippen molar-refractivity contribution in [1.82, 2.24) is 9.97 Å². The van der Waals surface area contributed by atoms with Gasteiger partial charge in [-0.3, -0.25) is 0 Å². The van der Waals surface area contributed by atoms with E-state index in [4.69, 9.17) is 0 Å². The van der Waals surface area contributed by atoms with Gasteiger partial charge in [-0.2, -0.15) is 0 Å². The SMILES string of the molecule is C=C(c1ccc2[nH]c(C)c(C)c2c1)c1ccc2[nH]c(C)c(C)c2c1. The highest BCUT2D eigenvalue weighted by atomic mass is 14.7. The van der Waals surface area contributed by atoms with Crippen molar-refractivity contribution in [3.05, 3.63) is 76.6 Å². The molecule has 0 radical (unpaired) electrons. The summed E-state index contributed by atoms with van der Waals surface area (Å²) >= 11 is 0. The number of aromatic amines is 2. The normalized spacial score (nSPS) is 11.5. The van der Waals surface area contributed by atoms with E-state index in [2.05, 4.69) is 80.6 Å². The fourth-order valence-corrected chi connectivity index (χ4v) is 3.46. The lowest BCUT2D eigenvalue weighted by Crippen LogP contribution is -1.87. The number of aryl methyl sites for hydroxylation is 4. The van der Waals surface area contributed by atoms with Crippen molar-refractivity contribution in [1.29, 1.82) is 0 Å². The Morgan fingerprint density at radius 3 is 1.54 bits per heavy atom. The van der Waals surface area contributed by atoms with Gasteiger partial charge in [-0.25, -0.2) is 0 Å². The number of H-pyrrole nitrogens is 2. The lowest BCUT2D eigenvalue weighted by molar-refractivity contribution is 1.25. The van der Waals surface area contributed by atoms with E-state index in [1.807, 2.05) is 0 Å². The van der Waals surface area contributed by atoms with Crippen LogP contribution in [0.15, 0.2) is 43.0 Å². The van der Waals surface area contributed by atoms with Crippen LogP contribution in [0.25, 0.3) is 27.4 Å². The predicted molar refractivity (Wildman–Crippen MR) is 104 cm³/mol. The maximum absolute atomic E-state index is 4.36. The molecule has 0 saturated heterocycles. The summed E-state index contributed by atoms with van der Waals surface area (Å²) in [5, 5.41) is 2.56. The van der Waals surface area contributed by atoms with E-state index in [-0.39, 0.29) is 0 Å². The van der Waals surface area contributed by atoms with Gasteiger partial charge in [0.2, 0.25) is 0 Å². The lowest BCUT2D eigenvalue weighted by Gasteiger charge is -2.08. The number of hydrogen-bond acceptors (Lipinski definition) is 0. The minimum atomic E-state index is 1.07. The number of nitrogens with one attached hydrogen (secondary N) is 2. The first kappa shape index (κ1) is 14.8. The Labute approximate surface area is 142 Å². The molecule has 4 rings (SSSR count). The summed E-state index contributed by atoms with van der Waals surface area (Å²) in [4.78, 5) is 6.87. The zero-order chi connectivity index (χ0) is 17.0. The largest absolute Gasteiger partial charge is 0.358 e. The molecule has 120 valence electrons. The van der Waals surface area contributed by atoms with Gasteiger partial charge in [0.1, 0.15) is 0 Å². The molecule has 0 unspecified atom stereocenters. The molecule has 2 N–H and O–H groups in total. The van der Waals surface area contributed by atoms with Gasteiger partial charge in [0.15, 0.2) is 0 Å². The first-order valence-corrected chi connectivity index (χ1v) is 8.33. The van der Waals surface area contributed by atoms with Crippen LogP contribution in [-0.2, 0) is 0 Å². The van der Waals surface area contributed by atoms with Crippen LogP contribution in [0.3, 0.4) is 0 Å². The quantitative estimate of drug-likeness (QED) is 0.458. The van der Waals surface area contributed by atoms with Crippen molar-refractivity contribution in [2.45, 2.75) is 27.7 Å². The number of hydrogen-bond donors (Lipinski definition) is 2. The number of aromatic nitrogens is 2. The molecule has 0 aliphatic heterocycles. The fraction of sp³-hybridized carbons (Fsp3) is 0.182. The second-order valence-corrected chi connectivity index (χ2v) is 6.75. The Balaban J connectivity index is 1.83. The van der Waals surface area contributed by atoms with Crippen LogP contribution in [-0.4, -0.2) is 9.97 Å². The van der Waals surface area contributed by atoms with Crippen molar-refractivity contribution in [2.24, 2.45) is 0 Å². The van der Waals surface area contributed by atoms with E-state index in [1.165, 1.54) is 55.4 Å². The van der Waals surface area contributed by atoms with Gasteiger partial charge in [-0.05, 0) is 79.8 Å². The van der Waals surface area contributed by atoms with Crippen LogP contribution in [0, 0.1) is 27.7 Å². The second-order valence-electron chi connectivity index (χ2n) is 6.75. The topological polar surface area (TPSA) is 31.6 Å². The molecule has 0 fully saturated rings. The van der Waals surface area contributed by atoms with Gasteiger partial charge in [0.25, 0.3) is 0 Å². The average Bonchev–Trinajstić information content (AvgIpc) is 3.03. The molecule has 0 atom stereocenters. The molecule has 2 heterocycles. The lowest BCUT2D eigenvalue weighted by atomic mass is 9.96. The molecule has 0 bridgehead atoms. The van der Waals surface area contributed by atoms with Gasteiger partial charge in [-0.15, -0.1) is 0 Å². The second kappa shape index (κ2) is 5.13. The Kier molecular flexibility index (Phi) is 3.17. The van der Waals surface area contributed by atoms with Gasteiger partial charge in [0, 0.05) is 33.2 Å². The van der Waals surface area contributed by atoms with Gasteiger partial charge < -0.3 is 9.97 Å². The molecule has 0 amide bonds. The zero-order valence-corrected chi connectivity index (χ0v) is 14.7. The van der Waals surface area contributed by atoms with Crippen molar-refractivity contribution in [2.75, 3.05) is 0 Å². The number of fused-ring (bicyclic) bond motifs is 2. The minimum absolute atomic E-state index is 1.07. The molecule has 0 spiro atoms. The molecule has 0 aliphatic rings. The molecule has 4 aromatic rings. The summed E-state index contributed by atoms with van der Waals surface area (Å²) in [5.41, 5.74) is 10.9. The van der Waals surface area contributed by atoms with Crippen LogP contribution in [0.5, 0.6) is 0 Å². The molecule has 2 nitrogen and oxygen atoms in total. The van der Waals surface area contributed by atoms with E-state index in [9.17, 15) is 0 Å². The minimum Gasteiger partial charge on any atom is -0.358 e. The molecule has 0 saturated carbocycles. The van der Waals surface area contributed by atoms with Crippen LogP contribution >= 0.6 is 0 Å². The van der Waals surface area contributed by atoms with E-state index in [0.717, 1.165) is 5.57 Å². The van der Waals surface area contributed by atoms with Crippen LogP contribution in [0.1, 0.15) is 33.6 Å². The fourth-order valence-electron chi connectivity index (χ4n) is 3.46. The van der Waals surface area contributed by atoms with Crippen molar-refractivity contribution < 1.29 is 0 Å². The molecule has 0 aliphatic carbocycles. The summed E-state index contributed by atoms with van der Waals surface area (Å²) in [6.45, 7) is 12.9. The number of benzene rings is 2. The van der Waals surface area contributed by atoms with Crippen molar-refractivity contribution in [3.8, 4) is 0 Å². The average molecular weight is 314 g/mol. The van der Waals surface area contributed by atoms with Gasteiger partial charge in [0.05, 0.1) is 0 Å². The third-order valence-electron chi connectivity index (χ3n) is 5.31. The third kappa shape index (κ3) is 2.10. The highest BCUT2D eigenvalue weighted by molar-refractivity contribution is 5.93. The molecule has 2 aromatic heterocycles. The monoisotopic (exact) mass is 314 g/mol. The summed E-state index contributed by atoms with van der Waals surface area (Å²) in [5.74, 6) is 0. The molecular weight excluding hydrogens is 292 g/mol. The van der Waals surface area contributed by atoms with E-state index in [1.54, 1.807) is 0 Å². The smallest absolute Gasteiger partial charge is 0.0459 e. The van der Waals surface area contributed by atoms with Crippen molar-refractivity contribution >= 4 is 27.4 Å². The Hall–Kier alpha value is -2.74. The van der Waals surface area contributed by atoms with Crippen LogP contribution in [0.2, 0.25) is 0 Å². The summed E-state index contributed by atoms with van der Waals surface area (Å²) < 4.78 is 0.